The molecule has 1 aromatic heterocycles. The summed E-state index contributed by atoms with van der Waals surface area (Å²) in [6.07, 6.45) is 0.0843. The lowest BCUT2D eigenvalue weighted by Gasteiger charge is -2.26. The molecule has 2 heterocycles. The number of carbonyl (C=O) groups is 2. The number of methoxy groups -OCH3 is 3. The van der Waals surface area contributed by atoms with Crippen molar-refractivity contribution in [1.82, 2.24) is 0 Å². The molecule has 2 N–H and O–H groups in total. The third-order valence-corrected chi connectivity index (χ3v) is 6.62. The van der Waals surface area contributed by atoms with E-state index < -0.39 is 17.7 Å². The fraction of sp³-hybridized carbons (Fsp3) is 0.217. The van der Waals surface area contributed by atoms with Crippen LogP contribution in [0.2, 0.25) is 0 Å². The van der Waals surface area contributed by atoms with Crippen molar-refractivity contribution in [1.29, 1.82) is 0 Å². The van der Waals surface area contributed by atoms with Crippen molar-refractivity contribution in [3.63, 3.8) is 0 Å². The van der Waals surface area contributed by atoms with Crippen LogP contribution in [0.5, 0.6) is 17.2 Å². The van der Waals surface area contributed by atoms with Gasteiger partial charge in [0.1, 0.15) is 16.4 Å². The predicted molar refractivity (Wildman–Crippen MR) is 118 cm³/mol. The van der Waals surface area contributed by atoms with E-state index in [4.69, 9.17) is 14.2 Å². The Morgan fingerprint density at radius 1 is 1.09 bits per heavy atom. The fourth-order valence-electron chi connectivity index (χ4n) is 3.93. The van der Waals surface area contributed by atoms with Crippen LogP contribution in [0.3, 0.4) is 0 Å². The highest BCUT2D eigenvalue weighted by Gasteiger charge is 2.36. The summed E-state index contributed by atoms with van der Waals surface area (Å²) in [7, 11) is 4.51. The maximum Gasteiger partial charge on any atom is 0.346 e. The minimum absolute atomic E-state index is 0.0206. The zero-order chi connectivity index (χ0) is 23.0. The topological polar surface area (TPSA) is 94.1 Å². The maximum absolute atomic E-state index is 13.9. The number of nitrogens with one attached hydrogen (secondary N) is 1. The Kier molecular flexibility index (Phi) is 5.75. The largest absolute Gasteiger partial charge is 0.496 e. The van der Waals surface area contributed by atoms with Gasteiger partial charge in [0.2, 0.25) is 5.91 Å². The Bertz CT molecular complexity index is 1220. The SMILES string of the molecule is COc1cc(OC)c(C2CC(=O)Nc3c2sc(C(=O)O)c3-c2cccc(F)c2)cc1OC. The summed E-state index contributed by atoms with van der Waals surface area (Å²) in [4.78, 5) is 25.4. The second-order valence-electron chi connectivity index (χ2n) is 7.11. The number of thiophene rings is 1. The summed E-state index contributed by atoms with van der Waals surface area (Å²) in [6, 6.07) is 9.04. The molecule has 0 fully saturated rings. The number of amides is 1. The summed E-state index contributed by atoms with van der Waals surface area (Å²) in [5, 5.41) is 12.7. The lowest BCUT2D eigenvalue weighted by Crippen LogP contribution is -2.23. The van der Waals surface area contributed by atoms with Gasteiger partial charge in [0.05, 0.1) is 27.0 Å². The van der Waals surface area contributed by atoms with Gasteiger partial charge in [-0.15, -0.1) is 11.3 Å². The van der Waals surface area contributed by atoms with Crippen molar-refractivity contribution in [2.24, 2.45) is 0 Å². The molecule has 32 heavy (non-hydrogen) atoms. The van der Waals surface area contributed by atoms with Gasteiger partial charge in [-0.2, -0.15) is 0 Å². The molecule has 1 amide bonds. The molecule has 9 heteroatoms. The van der Waals surface area contributed by atoms with E-state index in [-0.39, 0.29) is 22.8 Å². The first-order valence-corrected chi connectivity index (χ1v) is 10.4. The highest BCUT2D eigenvalue weighted by atomic mass is 32.1. The van der Waals surface area contributed by atoms with Crippen LogP contribution in [-0.2, 0) is 4.79 Å². The van der Waals surface area contributed by atoms with Crippen molar-refractivity contribution >= 4 is 28.9 Å². The smallest absolute Gasteiger partial charge is 0.346 e. The monoisotopic (exact) mass is 457 g/mol. The number of rotatable bonds is 6. The van der Waals surface area contributed by atoms with Crippen molar-refractivity contribution < 1.29 is 33.3 Å². The molecular weight excluding hydrogens is 437 g/mol. The average Bonchev–Trinajstić information content (AvgIpc) is 3.17. The Balaban J connectivity index is 1.97. The van der Waals surface area contributed by atoms with Crippen LogP contribution in [0.1, 0.15) is 32.5 Å². The first-order valence-electron chi connectivity index (χ1n) is 9.63. The van der Waals surface area contributed by atoms with Gasteiger partial charge in [-0.1, -0.05) is 12.1 Å². The van der Waals surface area contributed by atoms with Gasteiger partial charge in [0, 0.05) is 34.4 Å². The molecule has 7 nitrogen and oxygen atoms in total. The number of ether oxygens (including phenoxy) is 3. The Morgan fingerprint density at radius 2 is 1.78 bits per heavy atom. The summed E-state index contributed by atoms with van der Waals surface area (Å²) in [6.45, 7) is 0. The van der Waals surface area contributed by atoms with Gasteiger partial charge < -0.3 is 24.6 Å². The summed E-state index contributed by atoms with van der Waals surface area (Å²) in [5.41, 5.74) is 1.69. The Morgan fingerprint density at radius 3 is 2.41 bits per heavy atom. The van der Waals surface area contributed by atoms with Gasteiger partial charge in [-0.25, -0.2) is 9.18 Å². The molecule has 0 saturated carbocycles. The van der Waals surface area contributed by atoms with E-state index in [1.807, 2.05) is 0 Å². The molecule has 0 saturated heterocycles. The number of anilines is 1. The minimum atomic E-state index is -1.16. The molecule has 1 aliphatic heterocycles. The first-order chi connectivity index (χ1) is 15.4. The number of carboxylic acid groups (broad SMARTS) is 1. The molecular formula is C23H20FNO6S. The van der Waals surface area contributed by atoms with Crippen LogP contribution in [0, 0.1) is 5.82 Å². The number of fused-ring (bicyclic) bond motifs is 1. The van der Waals surface area contributed by atoms with E-state index in [1.165, 1.54) is 39.5 Å². The lowest BCUT2D eigenvalue weighted by atomic mass is 9.87. The van der Waals surface area contributed by atoms with E-state index in [9.17, 15) is 19.1 Å². The number of hydrogen-bond acceptors (Lipinski definition) is 6. The average molecular weight is 457 g/mol. The molecule has 0 aliphatic carbocycles. The van der Waals surface area contributed by atoms with Gasteiger partial charge in [0.25, 0.3) is 0 Å². The van der Waals surface area contributed by atoms with Crippen LogP contribution >= 0.6 is 11.3 Å². The number of carbonyl (C=O) groups excluding carboxylic acids is 1. The normalized spacial score (nSPS) is 15.0. The van der Waals surface area contributed by atoms with Gasteiger partial charge in [-0.05, 0) is 23.8 Å². The standard InChI is InChI=1S/C23H20FNO6S/c1-29-15-10-17(31-3)16(30-2)8-13(15)14-9-18(26)25-20-19(11-5-4-6-12(24)7-11)22(23(27)28)32-21(14)20/h4-8,10,14H,9H2,1-3H3,(H,25,26)(H,27,28). The molecule has 1 aliphatic rings. The van der Waals surface area contributed by atoms with E-state index in [2.05, 4.69) is 5.32 Å². The lowest BCUT2D eigenvalue weighted by molar-refractivity contribution is -0.116. The summed E-state index contributed by atoms with van der Waals surface area (Å²) >= 11 is 1.05. The fourth-order valence-corrected chi connectivity index (χ4v) is 5.17. The van der Waals surface area contributed by atoms with Gasteiger partial charge >= 0.3 is 5.97 Å². The zero-order valence-corrected chi connectivity index (χ0v) is 18.3. The molecule has 0 bridgehead atoms. The number of halogens is 1. The molecule has 0 spiro atoms. The molecule has 3 aromatic rings. The second-order valence-corrected chi connectivity index (χ2v) is 8.17. The summed E-state index contributed by atoms with van der Waals surface area (Å²) < 4.78 is 30.2. The third kappa shape index (κ3) is 3.64. The van der Waals surface area contributed by atoms with Crippen LogP contribution in [-0.4, -0.2) is 38.3 Å². The molecule has 166 valence electrons. The van der Waals surface area contributed by atoms with Crippen molar-refractivity contribution in [3.05, 3.63) is 57.5 Å². The van der Waals surface area contributed by atoms with E-state index in [0.717, 1.165) is 11.3 Å². The number of carboxylic acids is 1. The summed E-state index contributed by atoms with van der Waals surface area (Å²) in [5.74, 6) is -1.03. The molecule has 2 aromatic carbocycles. The predicted octanol–water partition coefficient (Wildman–Crippen LogP) is 4.75. The van der Waals surface area contributed by atoms with Crippen LogP contribution in [0.15, 0.2) is 36.4 Å². The van der Waals surface area contributed by atoms with Crippen molar-refractivity contribution in [2.45, 2.75) is 12.3 Å². The van der Waals surface area contributed by atoms with E-state index in [0.29, 0.717) is 38.9 Å². The first kappa shape index (κ1) is 21.6. The molecule has 4 rings (SSSR count). The third-order valence-electron chi connectivity index (χ3n) is 5.32. The number of hydrogen-bond donors (Lipinski definition) is 2. The van der Waals surface area contributed by atoms with Gasteiger partial charge in [0.15, 0.2) is 11.5 Å². The van der Waals surface area contributed by atoms with Gasteiger partial charge in [-0.3, -0.25) is 4.79 Å². The molecule has 1 atom stereocenters. The Hall–Kier alpha value is -3.59. The molecule has 0 radical (unpaired) electrons. The quantitative estimate of drug-likeness (QED) is 0.555. The van der Waals surface area contributed by atoms with Crippen LogP contribution in [0.25, 0.3) is 11.1 Å². The zero-order valence-electron chi connectivity index (χ0n) is 17.5. The molecule has 1 unspecified atom stereocenters. The van der Waals surface area contributed by atoms with Crippen molar-refractivity contribution in [3.8, 4) is 28.4 Å². The minimum Gasteiger partial charge on any atom is -0.496 e. The van der Waals surface area contributed by atoms with E-state index >= 15 is 0 Å². The highest BCUT2D eigenvalue weighted by molar-refractivity contribution is 7.15. The van der Waals surface area contributed by atoms with Crippen LogP contribution in [0.4, 0.5) is 10.1 Å². The second kappa shape index (κ2) is 8.51. The Labute approximate surface area is 187 Å². The number of aromatic carboxylic acids is 1. The number of benzene rings is 2. The van der Waals surface area contributed by atoms with Crippen molar-refractivity contribution in [2.75, 3.05) is 26.6 Å². The van der Waals surface area contributed by atoms with Crippen LogP contribution < -0.4 is 19.5 Å². The maximum atomic E-state index is 13.9. The van der Waals surface area contributed by atoms with E-state index in [1.54, 1.807) is 18.2 Å². The highest BCUT2D eigenvalue weighted by Crippen LogP contribution is 2.52.